The van der Waals surface area contributed by atoms with Crippen molar-refractivity contribution in [2.45, 2.75) is 31.1 Å². The molecule has 1 unspecified atom stereocenters. The van der Waals surface area contributed by atoms with Gasteiger partial charge >= 0.3 is 0 Å². The van der Waals surface area contributed by atoms with Gasteiger partial charge in [-0.1, -0.05) is 18.0 Å². The molecule has 1 saturated heterocycles. The number of hydrogen-bond donors (Lipinski definition) is 1. The van der Waals surface area contributed by atoms with Gasteiger partial charge in [-0.15, -0.1) is 0 Å². The average Bonchev–Trinajstić information content (AvgIpc) is 2.49. The summed E-state index contributed by atoms with van der Waals surface area (Å²) in [5, 5.41) is 8.16. The van der Waals surface area contributed by atoms with Crippen molar-refractivity contribution in [2.24, 2.45) is 0 Å². The van der Waals surface area contributed by atoms with Crippen molar-refractivity contribution in [1.29, 1.82) is 0 Å². The van der Waals surface area contributed by atoms with Gasteiger partial charge in [-0.2, -0.15) is 16.9 Å². The third-order valence-corrected chi connectivity index (χ3v) is 5.05. The van der Waals surface area contributed by atoms with Gasteiger partial charge in [0, 0.05) is 18.9 Å². The lowest BCUT2D eigenvalue weighted by Crippen LogP contribution is -2.27. The van der Waals surface area contributed by atoms with E-state index in [4.69, 9.17) is 16.3 Å². The number of methoxy groups -OCH3 is 1. The third-order valence-electron chi connectivity index (χ3n) is 3.29. The Morgan fingerprint density at radius 1 is 1.60 bits per heavy atom. The Morgan fingerprint density at radius 3 is 3.15 bits per heavy atom. The molecule has 1 aromatic rings. The van der Waals surface area contributed by atoms with Crippen molar-refractivity contribution in [2.75, 3.05) is 31.3 Å². The van der Waals surface area contributed by atoms with E-state index in [9.17, 15) is 4.79 Å². The molecule has 0 saturated carbocycles. The Morgan fingerprint density at radius 2 is 2.45 bits per heavy atom. The summed E-state index contributed by atoms with van der Waals surface area (Å²) < 4.78 is 6.26. The molecule has 1 aliphatic rings. The van der Waals surface area contributed by atoms with Crippen LogP contribution < -0.4 is 10.9 Å². The van der Waals surface area contributed by atoms with Crippen LogP contribution in [0, 0.1) is 0 Å². The van der Waals surface area contributed by atoms with Crippen LogP contribution in [0.1, 0.15) is 19.3 Å². The normalized spacial score (nSPS) is 19.0. The lowest BCUT2D eigenvalue weighted by Gasteiger charge is -2.22. The van der Waals surface area contributed by atoms with E-state index in [1.165, 1.54) is 29.7 Å². The van der Waals surface area contributed by atoms with E-state index < -0.39 is 0 Å². The fraction of sp³-hybridized carbons (Fsp3) is 0.692. The van der Waals surface area contributed by atoms with E-state index in [1.807, 2.05) is 11.8 Å². The molecule has 20 heavy (non-hydrogen) atoms. The lowest BCUT2D eigenvalue weighted by atomic mass is 10.2. The molecule has 2 heterocycles. The first-order valence-electron chi connectivity index (χ1n) is 6.82. The maximum Gasteiger partial charge on any atom is 0.287 e. The molecule has 1 N–H and O–H groups in total. The van der Waals surface area contributed by atoms with E-state index in [0.29, 0.717) is 24.1 Å². The van der Waals surface area contributed by atoms with Gasteiger partial charge in [-0.25, -0.2) is 4.68 Å². The zero-order chi connectivity index (χ0) is 14.4. The number of nitrogens with zero attached hydrogens (tertiary/aromatic N) is 2. The number of rotatable bonds is 6. The molecule has 0 bridgehead atoms. The highest BCUT2D eigenvalue weighted by Crippen LogP contribution is 2.25. The number of ether oxygens (including phenoxy) is 1. The van der Waals surface area contributed by atoms with Gasteiger partial charge < -0.3 is 10.1 Å². The quantitative estimate of drug-likeness (QED) is 0.872. The zero-order valence-electron chi connectivity index (χ0n) is 11.6. The molecule has 1 fully saturated rings. The molecular weight excluding hydrogens is 298 g/mol. The fourth-order valence-corrected chi connectivity index (χ4v) is 3.57. The van der Waals surface area contributed by atoms with Crippen molar-refractivity contribution in [1.82, 2.24) is 9.78 Å². The molecular formula is C13H20ClN3O2S. The van der Waals surface area contributed by atoms with E-state index in [2.05, 4.69) is 10.4 Å². The van der Waals surface area contributed by atoms with Crippen LogP contribution in [0.25, 0.3) is 0 Å². The highest BCUT2D eigenvalue weighted by molar-refractivity contribution is 7.99. The average molecular weight is 318 g/mol. The summed E-state index contributed by atoms with van der Waals surface area (Å²) in [4.78, 5) is 12.0. The first-order chi connectivity index (χ1) is 9.72. The second-order valence-electron chi connectivity index (χ2n) is 4.76. The molecule has 1 atom stereocenters. The predicted molar refractivity (Wildman–Crippen MR) is 84.0 cm³/mol. The number of aromatic nitrogens is 2. The topological polar surface area (TPSA) is 56.1 Å². The van der Waals surface area contributed by atoms with Gasteiger partial charge in [0.15, 0.2) is 0 Å². The molecule has 112 valence electrons. The van der Waals surface area contributed by atoms with E-state index in [0.717, 1.165) is 6.54 Å². The zero-order valence-corrected chi connectivity index (χ0v) is 13.2. The number of nitrogens with one attached hydrogen (secondary N) is 1. The molecule has 1 aliphatic heterocycles. The number of thioether (sulfide) groups is 1. The van der Waals surface area contributed by atoms with Crippen LogP contribution in [0.5, 0.6) is 0 Å². The Kier molecular flexibility index (Phi) is 6.19. The molecule has 0 radical (unpaired) electrons. The second kappa shape index (κ2) is 7.90. The first-order valence-corrected chi connectivity index (χ1v) is 8.25. The maximum absolute atomic E-state index is 12.0. The molecule has 5 nitrogen and oxygen atoms in total. The van der Waals surface area contributed by atoms with Gasteiger partial charge in [0.1, 0.15) is 5.02 Å². The predicted octanol–water partition coefficient (Wildman–Crippen LogP) is 2.24. The van der Waals surface area contributed by atoms with E-state index in [1.54, 1.807) is 13.3 Å². The summed E-state index contributed by atoms with van der Waals surface area (Å²) in [6.45, 7) is 1.68. The van der Waals surface area contributed by atoms with E-state index in [-0.39, 0.29) is 10.6 Å². The van der Waals surface area contributed by atoms with Crippen molar-refractivity contribution >= 4 is 29.1 Å². The van der Waals surface area contributed by atoms with Crippen LogP contribution >= 0.6 is 23.4 Å². The van der Waals surface area contributed by atoms with Crippen molar-refractivity contribution in [3.05, 3.63) is 21.6 Å². The second-order valence-corrected chi connectivity index (χ2v) is 6.55. The Labute approximate surface area is 128 Å². The maximum atomic E-state index is 12.0. The molecule has 1 aromatic heterocycles. The summed E-state index contributed by atoms with van der Waals surface area (Å²) in [5.74, 6) is 1.22. The monoisotopic (exact) mass is 317 g/mol. The van der Waals surface area contributed by atoms with Crippen LogP contribution in [-0.4, -0.2) is 41.0 Å². The summed E-state index contributed by atoms with van der Waals surface area (Å²) in [6, 6.07) is 0. The van der Waals surface area contributed by atoms with Crippen LogP contribution in [0.15, 0.2) is 11.0 Å². The molecule has 2 rings (SSSR count). The number of hydrogen-bond acceptors (Lipinski definition) is 5. The fourth-order valence-electron chi connectivity index (χ4n) is 2.12. The molecule has 0 aliphatic carbocycles. The van der Waals surface area contributed by atoms with Crippen molar-refractivity contribution < 1.29 is 4.74 Å². The van der Waals surface area contributed by atoms with Gasteiger partial charge in [0.25, 0.3) is 5.56 Å². The van der Waals surface area contributed by atoms with Gasteiger partial charge in [0.2, 0.25) is 0 Å². The summed E-state index contributed by atoms with van der Waals surface area (Å²) in [6.07, 6.45) is 5.42. The largest absolute Gasteiger partial charge is 0.383 e. The SMILES string of the molecule is COCCn1ncc(NCC2CCCCS2)c(Cl)c1=O. The lowest BCUT2D eigenvalue weighted by molar-refractivity contribution is 0.182. The van der Waals surface area contributed by atoms with E-state index >= 15 is 0 Å². The smallest absolute Gasteiger partial charge is 0.287 e. The molecule has 0 spiro atoms. The Balaban J connectivity index is 1.97. The highest BCUT2D eigenvalue weighted by atomic mass is 35.5. The van der Waals surface area contributed by atoms with Gasteiger partial charge in [-0.05, 0) is 18.6 Å². The van der Waals surface area contributed by atoms with Crippen LogP contribution in [-0.2, 0) is 11.3 Å². The van der Waals surface area contributed by atoms with Gasteiger partial charge in [0.05, 0.1) is 25.0 Å². The highest BCUT2D eigenvalue weighted by Gasteiger charge is 2.15. The number of anilines is 1. The van der Waals surface area contributed by atoms with Crippen LogP contribution in [0.2, 0.25) is 5.02 Å². The standard InChI is InChI=1S/C13H20ClN3O2S/c1-19-6-5-17-13(18)12(14)11(9-16-17)15-8-10-4-2-3-7-20-10/h9-10,15H,2-8H2,1H3. The molecule has 0 aromatic carbocycles. The summed E-state index contributed by atoms with van der Waals surface area (Å²) >= 11 is 8.09. The molecule has 0 amide bonds. The van der Waals surface area contributed by atoms with Gasteiger partial charge in [-0.3, -0.25) is 4.79 Å². The minimum Gasteiger partial charge on any atom is -0.383 e. The molecule has 7 heteroatoms. The minimum absolute atomic E-state index is 0.205. The number of halogens is 1. The van der Waals surface area contributed by atoms with Crippen LogP contribution in [0.4, 0.5) is 5.69 Å². The third kappa shape index (κ3) is 4.14. The van der Waals surface area contributed by atoms with Crippen molar-refractivity contribution in [3.8, 4) is 0 Å². The Bertz CT molecular complexity index is 489. The van der Waals surface area contributed by atoms with Crippen LogP contribution in [0.3, 0.4) is 0 Å². The summed E-state index contributed by atoms with van der Waals surface area (Å²) in [5.41, 5.74) is 0.349. The van der Waals surface area contributed by atoms with Crippen molar-refractivity contribution in [3.63, 3.8) is 0 Å². The Hall–Kier alpha value is -0.720. The minimum atomic E-state index is -0.273. The first kappa shape index (κ1) is 15.7. The summed E-state index contributed by atoms with van der Waals surface area (Å²) in [7, 11) is 1.59.